The Morgan fingerprint density at radius 2 is 2.13 bits per heavy atom. The van der Waals surface area contributed by atoms with Crippen LogP contribution < -0.4 is 11.1 Å². The second-order valence-electron chi connectivity index (χ2n) is 4.02. The Morgan fingerprint density at radius 1 is 1.53 bits per heavy atom. The van der Waals surface area contributed by atoms with Crippen LogP contribution in [0.3, 0.4) is 0 Å². The van der Waals surface area contributed by atoms with E-state index in [2.05, 4.69) is 10.1 Å². The van der Waals surface area contributed by atoms with Gasteiger partial charge in [0.2, 0.25) is 5.91 Å². The molecular weight excluding hydrogens is 196 g/mol. The molecule has 1 aliphatic carbocycles. The van der Waals surface area contributed by atoms with Crippen LogP contribution in [0.5, 0.6) is 0 Å². The van der Waals surface area contributed by atoms with Crippen LogP contribution in [0.1, 0.15) is 26.2 Å². The standard InChI is InChI=1S/C10H18N2O3/c1-6(10(14)15-2)12-9(13)5-8(11)7-3-4-7/h6-8H,3-5,11H2,1-2H3,(H,12,13). The number of carbonyl (C=O) groups excluding carboxylic acids is 2. The van der Waals surface area contributed by atoms with Crippen LogP contribution in [0.2, 0.25) is 0 Å². The van der Waals surface area contributed by atoms with Crippen LogP contribution in [0.25, 0.3) is 0 Å². The predicted molar refractivity (Wildman–Crippen MR) is 54.9 cm³/mol. The first-order chi connectivity index (χ1) is 7.04. The second-order valence-corrected chi connectivity index (χ2v) is 4.02. The summed E-state index contributed by atoms with van der Waals surface area (Å²) in [6.45, 7) is 1.59. The van der Waals surface area contributed by atoms with Crippen molar-refractivity contribution in [1.29, 1.82) is 0 Å². The number of esters is 1. The van der Waals surface area contributed by atoms with Crippen molar-refractivity contribution in [3.8, 4) is 0 Å². The molecule has 5 heteroatoms. The highest BCUT2D eigenvalue weighted by Crippen LogP contribution is 2.32. The molecule has 0 aromatic heterocycles. The first-order valence-corrected chi connectivity index (χ1v) is 5.17. The van der Waals surface area contributed by atoms with Gasteiger partial charge in [-0.05, 0) is 25.7 Å². The van der Waals surface area contributed by atoms with Crippen molar-refractivity contribution < 1.29 is 14.3 Å². The maximum absolute atomic E-state index is 11.4. The van der Waals surface area contributed by atoms with Crippen LogP contribution in [0.4, 0.5) is 0 Å². The van der Waals surface area contributed by atoms with Crippen molar-refractivity contribution in [3.63, 3.8) is 0 Å². The van der Waals surface area contributed by atoms with Gasteiger partial charge in [-0.1, -0.05) is 0 Å². The third-order valence-corrected chi connectivity index (χ3v) is 2.58. The summed E-state index contributed by atoms with van der Waals surface area (Å²) in [6.07, 6.45) is 2.51. The zero-order valence-electron chi connectivity index (χ0n) is 9.16. The molecule has 0 radical (unpaired) electrons. The molecule has 1 fully saturated rings. The van der Waals surface area contributed by atoms with Gasteiger partial charge in [-0.15, -0.1) is 0 Å². The van der Waals surface area contributed by atoms with E-state index in [9.17, 15) is 9.59 Å². The Balaban J connectivity index is 2.25. The maximum Gasteiger partial charge on any atom is 0.328 e. The molecule has 1 rings (SSSR count). The van der Waals surface area contributed by atoms with Crippen LogP contribution >= 0.6 is 0 Å². The van der Waals surface area contributed by atoms with Crippen molar-refractivity contribution in [2.45, 2.75) is 38.3 Å². The average molecular weight is 214 g/mol. The van der Waals surface area contributed by atoms with E-state index >= 15 is 0 Å². The number of hydrogen-bond donors (Lipinski definition) is 2. The molecule has 1 amide bonds. The summed E-state index contributed by atoms with van der Waals surface area (Å²) in [5, 5.41) is 2.55. The monoisotopic (exact) mass is 214 g/mol. The number of carbonyl (C=O) groups is 2. The van der Waals surface area contributed by atoms with Crippen molar-refractivity contribution in [1.82, 2.24) is 5.32 Å². The third kappa shape index (κ3) is 3.87. The van der Waals surface area contributed by atoms with Gasteiger partial charge in [0, 0.05) is 12.5 Å². The molecule has 0 heterocycles. The van der Waals surface area contributed by atoms with Gasteiger partial charge < -0.3 is 15.8 Å². The summed E-state index contributed by atoms with van der Waals surface area (Å²) in [5.41, 5.74) is 5.79. The van der Waals surface area contributed by atoms with Crippen LogP contribution in [-0.4, -0.2) is 31.1 Å². The predicted octanol–water partition coefficient (Wildman–Crippen LogP) is -0.208. The van der Waals surface area contributed by atoms with Gasteiger partial charge in [0.05, 0.1) is 7.11 Å². The van der Waals surface area contributed by atoms with Gasteiger partial charge in [0.15, 0.2) is 0 Å². The van der Waals surface area contributed by atoms with E-state index < -0.39 is 12.0 Å². The molecule has 3 N–H and O–H groups in total. The SMILES string of the molecule is COC(=O)C(C)NC(=O)CC(N)C1CC1. The molecule has 15 heavy (non-hydrogen) atoms. The summed E-state index contributed by atoms with van der Waals surface area (Å²) in [4.78, 5) is 22.4. The van der Waals surface area contributed by atoms with Gasteiger partial charge in [-0.2, -0.15) is 0 Å². The largest absolute Gasteiger partial charge is 0.467 e. The van der Waals surface area contributed by atoms with E-state index in [1.807, 2.05) is 0 Å². The molecule has 0 spiro atoms. The highest BCUT2D eigenvalue weighted by Gasteiger charge is 2.30. The lowest BCUT2D eigenvalue weighted by Crippen LogP contribution is -2.41. The van der Waals surface area contributed by atoms with Crippen LogP contribution in [-0.2, 0) is 14.3 Å². The van der Waals surface area contributed by atoms with Crippen molar-refractivity contribution >= 4 is 11.9 Å². The molecule has 5 nitrogen and oxygen atoms in total. The summed E-state index contributed by atoms with van der Waals surface area (Å²) in [5.74, 6) is -0.139. The summed E-state index contributed by atoms with van der Waals surface area (Å²) in [6, 6.07) is -0.677. The fraction of sp³-hybridized carbons (Fsp3) is 0.800. The van der Waals surface area contributed by atoms with Gasteiger partial charge in [-0.25, -0.2) is 4.79 Å². The van der Waals surface area contributed by atoms with Crippen molar-refractivity contribution in [2.24, 2.45) is 11.7 Å². The number of methoxy groups -OCH3 is 1. The van der Waals surface area contributed by atoms with Crippen LogP contribution in [0, 0.1) is 5.92 Å². The number of ether oxygens (including phenoxy) is 1. The molecule has 0 aromatic rings. The highest BCUT2D eigenvalue weighted by molar-refractivity contribution is 5.84. The lowest BCUT2D eigenvalue weighted by atomic mass is 10.1. The minimum absolute atomic E-state index is 0.0742. The average Bonchev–Trinajstić information content (AvgIpc) is 2.99. The summed E-state index contributed by atoms with van der Waals surface area (Å²) < 4.78 is 4.49. The van der Waals surface area contributed by atoms with Gasteiger partial charge >= 0.3 is 5.97 Å². The Morgan fingerprint density at radius 3 is 2.60 bits per heavy atom. The van der Waals surface area contributed by atoms with E-state index in [0.717, 1.165) is 12.8 Å². The molecule has 1 saturated carbocycles. The van der Waals surface area contributed by atoms with Gasteiger partial charge in [0.1, 0.15) is 6.04 Å². The molecule has 1 aliphatic rings. The Kier molecular flexibility index (Phi) is 4.08. The van der Waals surface area contributed by atoms with Crippen molar-refractivity contribution in [2.75, 3.05) is 7.11 Å². The lowest BCUT2D eigenvalue weighted by molar-refractivity contribution is -0.144. The molecule has 86 valence electrons. The Bertz CT molecular complexity index is 251. The molecular formula is C10H18N2O3. The van der Waals surface area contributed by atoms with E-state index in [-0.39, 0.29) is 18.4 Å². The highest BCUT2D eigenvalue weighted by atomic mass is 16.5. The first-order valence-electron chi connectivity index (χ1n) is 5.17. The van der Waals surface area contributed by atoms with Gasteiger partial charge in [0.25, 0.3) is 0 Å². The zero-order chi connectivity index (χ0) is 11.4. The topological polar surface area (TPSA) is 81.4 Å². The fourth-order valence-electron chi connectivity index (χ4n) is 1.44. The van der Waals surface area contributed by atoms with Crippen molar-refractivity contribution in [3.05, 3.63) is 0 Å². The molecule has 0 aliphatic heterocycles. The second kappa shape index (κ2) is 5.11. The lowest BCUT2D eigenvalue weighted by Gasteiger charge is -2.14. The van der Waals surface area contributed by atoms with E-state index in [4.69, 9.17) is 5.73 Å². The van der Waals surface area contributed by atoms with Crippen LogP contribution in [0.15, 0.2) is 0 Å². The molecule has 0 bridgehead atoms. The molecule has 0 aromatic carbocycles. The zero-order valence-corrected chi connectivity index (χ0v) is 9.16. The number of amides is 1. The first kappa shape index (κ1) is 12.0. The summed E-state index contributed by atoms with van der Waals surface area (Å²) in [7, 11) is 1.29. The number of nitrogens with two attached hydrogens (primary N) is 1. The molecule has 2 unspecified atom stereocenters. The normalized spacial score (nSPS) is 19.1. The van der Waals surface area contributed by atoms with E-state index in [0.29, 0.717) is 5.92 Å². The summed E-state index contributed by atoms with van der Waals surface area (Å²) >= 11 is 0. The minimum Gasteiger partial charge on any atom is -0.467 e. The van der Waals surface area contributed by atoms with E-state index in [1.54, 1.807) is 6.92 Å². The third-order valence-electron chi connectivity index (χ3n) is 2.58. The minimum atomic E-state index is -0.603. The number of hydrogen-bond acceptors (Lipinski definition) is 4. The molecule has 0 saturated heterocycles. The smallest absolute Gasteiger partial charge is 0.328 e. The Labute approximate surface area is 89.3 Å². The van der Waals surface area contributed by atoms with Gasteiger partial charge in [-0.3, -0.25) is 4.79 Å². The fourth-order valence-corrected chi connectivity index (χ4v) is 1.44. The van der Waals surface area contributed by atoms with E-state index in [1.165, 1.54) is 7.11 Å². The number of rotatable bonds is 5. The Hall–Kier alpha value is -1.10. The number of nitrogens with one attached hydrogen (secondary N) is 1. The molecule has 2 atom stereocenters. The quantitative estimate of drug-likeness (QED) is 0.620. The maximum atomic E-state index is 11.4.